The lowest BCUT2D eigenvalue weighted by atomic mass is 10.2. The van der Waals surface area contributed by atoms with Crippen molar-refractivity contribution >= 4 is 23.2 Å². The second-order valence-electron chi connectivity index (χ2n) is 4.92. The largest absolute Gasteiger partial charge is 0.508 e. The molecule has 1 aliphatic heterocycles. The van der Waals surface area contributed by atoms with Crippen LogP contribution in [0.1, 0.15) is 12.5 Å². The zero-order valence-corrected chi connectivity index (χ0v) is 12.4. The number of carbonyl (C=O) groups is 1. The van der Waals surface area contributed by atoms with Crippen molar-refractivity contribution in [1.82, 2.24) is 0 Å². The van der Waals surface area contributed by atoms with Crippen molar-refractivity contribution in [2.24, 2.45) is 0 Å². The third kappa shape index (κ3) is 2.95. The van der Waals surface area contributed by atoms with E-state index in [0.717, 1.165) is 21.2 Å². The van der Waals surface area contributed by atoms with Crippen LogP contribution in [0.25, 0.3) is 0 Å². The highest BCUT2D eigenvalue weighted by Gasteiger charge is 2.26. The van der Waals surface area contributed by atoms with Crippen LogP contribution in [0.3, 0.4) is 0 Å². The molecule has 0 amide bonds. The van der Waals surface area contributed by atoms with Gasteiger partial charge in [0, 0.05) is 23.6 Å². The van der Waals surface area contributed by atoms with Crippen LogP contribution in [0.15, 0.2) is 64.5 Å². The Hall–Kier alpha value is -2.20. The molecule has 4 heteroatoms. The van der Waals surface area contributed by atoms with Crippen molar-refractivity contribution in [2.45, 2.75) is 18.4 Å². The van der Waals surface area contributed by atoms with E-state index in [1.807, 2.05) is 24.3 Å². The van der Waals surface area contributed by atoms with Gasteiger partial charge in [-0.1, -0.05) is 42.1 Å². The van der Waals surface area contributed by atoms with E-state index in [1.54, 1.807) is 36.9 Å². The first kappa shape index (κ1) is 13.8. The Kier molecular flexibility index (Phi) is 3.71. The molecule has 0 aromatic heterocycles. The number of fused-ring (bicyclic) bond motifs is 1. The number of rotatable bonds is 3. The number of anilines is 1. The van der Waals surface area contributed by atoms with E-state index in [0.29, 0.717) is 6.54 Å². The second-order valence-corrected chi connectivity index (χ2v) is 5.98. The Labute approximate surface area is 127 Å². The molecule has 0 aliphatic carbocycles. The molecule has 3 rings (SSSR count). The number of thioether (sulfide) groups is 1. The maximum atomic E-state index is 11.4. The minimum atomic E-state index is 0.0209. The molecule has 1 aliphatic rings. The minimum absolute atomic E-state index is 0.0209. The number of phenolic OH excluding ortho intramolecular Hbond substituents is 1. The zero-order valence-electron chi connectivity index (χ0n) is 11.6. The summed E-state index contributed by atoms with van der Waals surface area (Å²) < 4.78 is 0. The van der Waals surface area contributed by atoms with E-state index in [4.69, 9.17) is 0 Å². The van der Waals surface area contributed by atoms with E-state index in [-0.39, 0.29) is 11.5 Å². The Morgan fingerprint density at radius 2 is 2.00 bits per heavy atom. The number of phenols is 1. The fourth-order valence-electron chi connectivity index (χ4n) is 2.30. The van der Waals surface area contributed by atoms with Gasteiger partial charge in [0.2, 0.25) is 0 Å². The summed E-state index contributed by atoms with van der Waals surface area (Å²) in [6.45, 7) is 2.22. The van der Waals surface area contributed by atoms with Crippen LogP contribution in [-0.2, 0) is 11.3 Å². The Morgan fingerprint density at radius 1 is 1.24 bits per heavy atom. The molecule has 0 fully saturated rings. The lowest BCUT2D eigenvalue weighted by Crippen LogP contribution is -2.17. The molecule has 0 saturated carbocycles. The van der Waals surface area contributed by atoms with Crippen molar-refractivity contribution in [2.75, 3.05) is 4.90 Å². The van der Waals surface area contributed by atoms with Crippen LogP contribution in [0.2, 0.25) is 0 Å². The molecule has 0 bridgehead atoms. The third-order valence-corrected chi connectivity index (χ3v) is 4.34. The molecule has 2 aromatic rings. The number of allylic oxidation sites excluding steroid dienone is 1. The van der Waals surface area contributed by atoms with Gasteiger partial charge in [-0.2, -0.15) is 0 Å². The summed E-state index contributed by atoms with van der Waals surface area (Å²) in [5.74, 6) is 0.254. The molecule has 2 aromatic carbocycles. The lowest BCUT2D eigenvalue weighted by Gasteiger charge is -2.20. The summed E-state index contributed by atoms with van der Waals surface area (Å²) in [7, 11) is 0. The van der Waals surface area contributed by atoms with Crippen molar-refractivity contribution in [3.63, 3.8) is 0 Å². The molecule has 0 unspecified atom stereocenters. The van der Waals surface area contributed by atoms with Crippen LogP contribution < -0.4 is 4.90 Å². The molecular formula is C17H15NO2S. The summed E-state index contributed by atoms with van der Waals surface area (Å²) in [4.78, 5) is 14.6. The highest BCUT2D eigenvalue weighted by Crippen LogP contribution is 2.47. The van der Waals surface area contributed by atoms with Gasteiger partial charge in [0.05, 0.1) is 10.7 Å². The van der Waals surface area contributed by atoms with E-state index in [1.165, 1.54) is 0 Å². The number of nitrogens with zero attached hydrogens (tertiary/aromatic N) is 1. The number of ketones is 1. The number of hydrogen-bond acceptors (Lipinski definition) is 4. The van der Waals surface area contributed by atoms with Gasteiger partial charge in [-0.3, -0.25) is 4.79 Å². The summed E-state index contributed by atoms with van der Waals surface area (Å²) in [6, 6.07) is 15.4. The van der Waals surface area contributed by atoms with E-state index in [9.17, 15) is 9.90 Å². The van der Waals surface area contributed by atoms with E-state index < -0.39 is 0 Å². The zero-order chi connectivity index (χ0) is 14.8. The summed E-state index contributed by atoms with van der Waals surface area (Å²) >= 11 is 1.56. The number of hydrogen-bond donors (Lipinski definition) is 1. The van der Waals surface area contributed by atoms with E-state index >= 15 is 0 Å². The van der Waals surface area contributed by atoms with Crippen molar-refractivity contribution in [3.05, 3.63) is 65.2 Å². The van der Waals surface area contributed by atoms with Gasteiger partial charge in [0.25, 0.3) is 0 Å². The molecule has 21 heavy (non-hydrogen) atoms. The average Bonchev–Trinajstić information content (AvgIpc) is 2.77. The normalized spacial score (nSPS) is 15.3. The van der Waals surface area contributed by atoms with Crippen LogP contribution in [0, 0.1) is 0 Å². The topological polar surface area (TPSA) is 40.5 Å². The highest BCUT2D eigenvalue weighted by atomic mass is 32.2. The van der Waals surface area contributed by atoms with Crippen LogP contribution >= 0.6 is 11.8 Å². The summed E-state index contributed by atoms with van der Waals surface area (Å²) in [6.07, 6.45) is 1.64. The molecule has 0 atom stereocenters. The van der Waals surface area contributed by atoms with Gasteiger partial charge in [-0.05, 0) is 24.6 Å². The predicted molar refractivity (Wildman–Crippen MR) is 85.4 cm³/mol. The highest BCUT2D eigenvalue weighted by molar-refractivity contribution is 8.03. The maximum absolute atomic E-state index is 11.4. The standard InChI is InChI=1S/C17H15NO2S/c1-12(19)9-17-18(11-13-5-3-2-4-6-13)15-10-14(20)7-8-16(15)21-17/h2-10,20H,11H2,1H3/b17-9-. The van der Waals surface area contributed by atoms with Gasteiger partial charge in [0.1, 0.15) is 5.75 Å². The average molecular weight is 297 g/mol. The fraction of sp³-hybridized carbons (Fsp3) is 0.118. The van der Waals surface area contributed by atoms with Crippen LogP contribution in [-0.4, -0.2) is 10.9 Å². The number of benzene rings is 2. The number of aromatic hydroxyl groups is 1. The molecule has 3 nitrogen and oxygen atoms in total. The maximum Gasteiger partial charge on any atom is 0.155 e. The lowest BCUT2D eigenvalue weighted by molar-refractivity contribution is -0.112. The van der Waals surface area contributed by atoms with Crippen LogP contribution in [0.5, 0.6) is 5.75 Å². The molecule has 106 valence electrons. The first-order chi connectivity index (χ1) is 10.1. The Morgan fingerprint density at radius 3 is 2.71 bits per heavy atom. The quantitative estimate of drug-likeness (QED) is 0.871. The minimum Gasteiger partial charge on any atom is -0.508 e. The van der Waals surface area contributed by atoms with Gasteiger partial charge < -0.3 is 10.0 Å². The molecule has 1 N–H and O–H groups in total. The molecule has 1 heterocycles. The van der Waals surface area contributed by atoms with Gasteiger partial charge in [0.15, 0.2) is 5.78 Å². The molecule has 0 spiro atoms. The monoisotopic (exact) mass is 297 g/mol. The SMILES string of the molecule is CC(=O)/C=C1\Sc2ccc(O)cc2N1Cc1ccccc1. The van der Waals surface area contributed by atoms with Gasteiger partial charge in [-0.25, -0.2) is 0 Å². The first-order valence-electron chi connectivity index (χ1n) is 6.68. The van der Waals surface area contributed by atoms with Crippen LogP contribution in [0.4, 0.5) is 5.69 Å². The molecule has 0 saturated heterocycles. The Bertz CT molecular complexity index is 710. The van der Waals surface area contributed by atoms with Gasteiger partial charge in [-0.15, -0.1) is 0 Å². The first-order valence-corrected chi connectivity index (χ1v) is 7.50. The third-order valence-electron chi connectivity index (χ3n) is 3.22. The van der Waals surface area contributed by atoms with Gasteiger partial charge >= 0.3 is 0 Å². The summed E-state index contributed by atoms with van der Waals surface area (Å²) in [5.41, 5.74) is 2.10. The molecular weight excluding hydrogens is 282 g/mol. The predicted octanol–water partition coefficient (Wildman–Crippen LogP) is 3.93. The van der Waals surface area contributed by atoms with Crippen molar-refractivity contribution < 1.29 is 9.90 Å². The smallest absolute Gasteiger partial charge is 0.155 e. The fourth-order valence-corrected chi connectivity index (χ4v) is 3.43. The van der Waals surface area contributed by atoms with Crippen molar-refractivity contribution in [3.8, 4) is 5.75 Å². The van der Waals surface area contributed by atoms with Crippen molar-refractivity contribution in [1.29, 1.82) is 0 Å². The van der Waals surface area contributed by atoms with E-state index in [2.05, 4.69) is 17.0 Å². The number of carbonyl (C=O) groups excluding carboxylic acids is 1. The summed E-state index contributed by atoms with van der Waals surface area (Å²) in [5, 5.41) is 10.6. The Balaban J connectivity index is 2.00. The second kappa shape index (κ2) is 5.66. The molecule has 0 radical (unpaired) electrons.